The molecule has 0 bridgehead atoms. The summed E-state index contributed by atoms with van der Waals surface area (Å²) in [4.78, 5) is 20.7. The van der Waals surface area contributed by atoms with Gasteiger partial charge in [-0.1, -0.05) is 0 Å². The number of hydrogen-bond acceptors (Lipinski definition) is 5. The highest BCUT2D eigenvalue weighted by molar-refractivity contribution is 5.99. The molecule has 0 aliphatic carbocycles. The lowest BCUT2D eigenvalue weighted by atomic mass is 10.3. The van der Waals surface area contributed by atoms with Crippen molar-refractivity contribution < 1.29 is 14.3 Å². The van der Waals surface area contributed by atoms with Crippen LogP contribution in [0.5, 0.6) is 11.5 Å². The van der Waals surface area contributed by atoms with Gasteiger partial charge in [0.05, 0.1) is 26.1 Å². The van der Waals surface area contributed by atoms with Gasteiger partial charge >= 0.3 is 6.03 Å². The molecule has 26 heavy (non-hydrogen) atoms. The van der Waals surface area contributed by atoms with Gasteiger partial charge in [-0.3, -0.25) is 4.57 Å². The van der Waals surface area contributed by atoms with Crippen LogP contribution < -0.4 is 20.1 Å². The molecule has 0 saturated carbocycles. The summed E-state index contributed by atoms with van der Waals surface area (Å²) in [5, 5.41) is 5.47. The van der Waals surface area contributed by atoms with E-state index in [0.29, 0.717) is 22.9 Å². The predicted molar refractivity (Wildman–Crippen MR) is 98.3 cm³/mol. The molecule has 0 radical (unpaired) electrons. The van der Waals surface area contributed by atoms with Gasteiger partial charge in [-0.2, -0.15) is 0 Å². The number of benzene rings is 1. The smallest absolute Gasteiger partial charge is 0.323 e. The van der Waals surface area contributed by atoms with Crippen molar-refractivity contribution in [3.05, 3.63) is 54.7 Å². The Bertz CT molecular complexity index is 883. The van der Waals surface area contributed by atoms with Gasteiger partial charge < -0.3 is 20.1 Å². The number of aromatic nitrogens is 3. The summed E-state index contributed by atoms with van der Waals surface area (Å²) in [5.74, 6) is 2.73. The number of anilines is 2. The van der Waals surface area contributed by atoms with Crippen LogP contribution in [0.1, 0.15) is 5.82 Å². The van der Waals surface area contributed by atoms with Crippen molar-refractivity contribution in [2.75, 3.05) is 24.9 Å². The summed E-state index contributed by atoms with van der Waals surface area (Å²) in [6, 6.07) is 8.31. The molecule has 0 fully saturated rings. The lowest BCUT2D eigenvalue weighted by molar-refractivity contribution is 0.262. The zero-order chi connectivity index (χ0) is 18.5. The number of nitrogens with one attached hydrogen (secondary N) is 2. The van der Waals surface area contributed by atoms with Crippen molar-refractivity contribution >= 4 is 17.4 Å². The molecule has 2 aromatic heterocycles. The van der Waals surface area contributed by atoms with Gasteiger partial charge in [0.2, 0.25) is 0 Å². The average Bonchev–Trinajstić information content (AvgIpc) is 3.07. The number of carbonyl (C=O) groups excluding carboxylic acids is 1. The number of carbonyl (C=O) groups is 1. The minimum absolute atomic E-state index is 0.395. The first-order valence-electron chi connectivity index (χ1n) is 7.86. The average molecular weight is 353 g/mol. The van der Waals surface area contributed by atoms with E-state index in [2.05, 4.69) is 20.6 Å². The van der Waals surface area contributed by atoms with Crippen LogP contribution in [0.4, 0.5) is 16.2 Å². The van der Waals surface area contributed by atoms with Gasteiger partial charge in [0, 0.05) is 36.3 Å². The molecule has 2 heterocycles. The number of ether oxygens (including phenoxy) is 2. The SMILES string of the molecule is COc1cc(NC(=O)Nc2ccc(-n3ccnc3C)nc2)cc(OC)c1. The molecule has 8 nitrogen and oxygen atoms in total. The topological polar surface area (TPSA) is 90.3 Å². The van der Waals surface area contributed by atoms with E-state index in [9.17, 15) is 4.79 Å². The molecule has 0 unspecified atom stereocenters. The second-order valence-electron chi connectivity index (χ2n) is 5.43. The van der Waals surface area contributed by atoms with Crippen molar-refractivity contribution in [2.24, 2.45) is 0 Å². The standard InChI is InChI=1S/C18H19N5O3/c1-12-19-6-7-23(12)17-5-4-13(11-20-17)21-18(24)22-14-8-15(25-2)10-16(9-14)26-3/h4-11H,1-3H3,(H2,21,22,24). The molecule has 2 N–H and O–H groups in total. The van der Waals surface area contributed by atoms with E-state index in [1.165, 1.54) is 0 Å². The van der Waals surface area contributed by atoms with E-state index in [0.717, 1.165) is 11.6 Å². The molecule has 0 saturated heterocycles. The van der Waals surface area contributed by atoms with Gasteiger partial charge in [-0.15, -0.1) is 0 Å². The normalized spacial score (nSPS) is 10.3. The quantitative estimate of drug-likeness (QED) is 0.735. The Morgan fingerprint density at radius 1 is 1.00 bits per heavy atom. The highest BCUT2D eigenvalue weighted by Crippen LogP contribution is 2.25. The molecule has 1 aromatic carbocycles. The Morgan fingerprint density at radius 3 is 2.23 bits per heavy atom. The number of aryl methyl sites for hydroxylation is 1. The Labute approximate surface area is 150 Å². The maximum Gasteiger partial charge on any atom is 0.323 e. The van der Waals surface area contributed by atoms with Gasteiger partial charge in [0.15, 0.2) is 0 Å². The number of methoxy groups -OCH3 is 2. The summed E-state index contributed by atoms with van der Waals surface area (Å²) in [7, 11) is 3.10. The zero-order valence-corrected chi connectivity index (χ0v) is 14.7. The van der Waals surface area contributed by atoms with Crippen LogP contribution in [0.15, 0.2) is 48.9 Å². The van der Waals surface area contributed by atoms with E-state index in [1.807, 2.05) is 17.7 Å². The van der Waals surface area contributed by atoms with Crippen LogP contribution in [-0.2, 0) is 0 Å². The predicted octanol–water partition coefficient (Wildman–Crippen LogP) is 3.24. The molecule has 0 atom stereocenters. The third-order valence-corrected chi connectivity index (χ3v) is 3.69. The molecule has 3 aromatic rings. The first-order valence-corrected chi connectivity index (χ1v) is 7.86. The fourth-order valence-corrected chi connectivity index (χ4v) is 2.40. The minimum Gasteiger partial charge on any atom is -0.497 e. The maximum absolute atomic E-state index is 12.2. The van der Waals surface area contributed by atoms with Gasteiger partial charge in [0.1, 0.15) is 23.1 Å². The molecule has 134 valence electrons. The Kier molecular flexibility index (Phi) is 5.02. The molecule has 2 amide bonds. The van der Waals surface area contributed by atoms with Gasteiger partial charge in [-0.25, -0.2) is 14.8 Å². The summed E-state index contributed by atoms with van der Waals surface area (Å²) in [6.07, 6.45) is 5.12. The molecule has 0 aliphatic heterocycles. The summed E-state index contributed by atoms with van der Waals surface area (Å²) in [6.45, 7) is 1.89. The second-order valence-corrected chi connectivity index (χ2v) is 5.43. The maximum atomic E-state index is 12.2. The highest BCUT2D eigenvalue weighted by Gasteiger charge is 2.07. The summed E-state index contributed by atoms with van der Waals surface area (Å²) < 4.78 is 12.2. The first-order chi connectivity index (χ1) is 12.6. The van der Waals surface area contributed by atoms with Crippen molar-refractivity contribution in [3.8, 4) is 17.3 Å². The van der Waals surface area contributed by atoms with Crippen LogP contribution in [0, 0.1) is 6.92 Å². The third-order valence-electron chi connectivity index (χ3n) is 3.69. The van der Waals surface area contributed by atoms with Crippen LogP contribution in [0.2, 0.25) is 0 Å². The number of pyridine rings is 1. The molecular weight excluding hydrogens is 334 g/mol. The Balaban J connectivity index is 1.68. The fraction of sp³-hybridized carbons (Fsp3) is 0.167. The first kappa shape index (κ1) is 17.3. The minimum atomic E-state index is -0.395. The van der Waals surface area contributed by atoms with Crippen molar-refractivity contribution in [3.63, 3.8) is 0 Å². The molecule has 3 rings (SSSR count). The number of amides is 2. The number of imidazole rings is 1. The van der Waals surface area contributed by atoms with E-state index in [1.54, 1.807) is 56.9 Å². The lowest BCUT2D eigenvalue weighted by Gasteiger charge is -2.11. The van der Waals surface area contributed by atoms with Crippen molar-refractivity contribution in [1.82, 2.24) is 14.5 Å². The number of urea groups is 1. The number of hydrogen-bond donors (Lipinski definition) is 2. The largest absolute Gasteiger partial charge is 0.497 e. The van der Waals surface area contributed by atoms with Gasteiger partial charge in [0.25, 0.3) is 0 Å². The van der Waals surface area contributed by atoms with Crippen LogP contribution in [0.3, 0.4) is 0 Å². The van der Waals surface area contributed by atoms with E-state index in [4.69, 9.17) is 9.47 Å². The van der Waals surface area contributed by atoms with Crippen LogP contribution in [-0.4, -0.2) is 34.8 Å². The fourth-order valence-electron chi connectivity index (χ4n) is 2.40. The van der Waals surface area contributed by atoms with Crippen molar-refractivity contribution in [1.29, 1.82) is 0 Å². The van der Waals surface area contributed by atoms with Crippen LogP contribution in [0.25, 0.3) is 5.82 Å². The molecule has 0 spiro atoms. The number of rotatable bonds is 5. The third kappa shape index (κ3) is 3.92. The Hall–Kier alpha value is -3.55. The summed E-state index contributed by atoms with van der Waals surface area (Å²) in [5.41, 5.74) is 1.12. The van der Waals surface area contributed by atoms with Gasteiger partial charge in [-0.05, 0) is 19.1 Å². The summed E-state index contributed by atoms with van der Waals surface area (Å²) >= 11 is 0. The van der Waals surface area contributed by atoms with E-state index >= 15 is 0 Å². The Morgan fingerprint density at radius 2 is 1.69 bits per heavy atom. The molecule has 0 aliphatic rings. The highest BCUT2D eigenvalue weighted by atomic mass is 16.5. The zero-order valence-electron chi connectivity index (χ0n) is 14.7. The van der Waals surface area contributed by atoms with E-state index in [-0.39, 0.29) is 0 Å². The monoisotopic (exact) mass is 353 g/mol. The van der Waals surface area contributed by atoms with E-state index < -0.39 is 6.03 Å². The molecule has 8 heteroatoms. The van der Waals surface area contributed by atoms with Crippen molar-refractivity contribution in [2.45, 2.75) is 6.92 Å². The van der Waals surface area contributed by atoms with Crippen LogP contribution >= 0.6 is 0 Å². The number of nitrogens with zero attached hydrogens (tertiary/aromatic N) is 3. The lowest BCUT2D eigenvalue weighted by Crippen LogP contribution is -2.19. The molecular formula is C18H19N5O3. The second kappa shape index (κ2) is 7.56.